The molecule has 0 aliphatic heterocycles. The summed E-state index contributed by atoms with van der Waals surface area (Å²) in [5, 5.41) is 10.7. The average molecular weight is 349 g/mol. The number of carbonyl (C=O) groups is 1. The lowest BCUT2D eigenvalue weighted by Crippen LogP contribution is -2.57. The van der Waals surface area contributed by atoms with Gasteiger partial charge in [0.1, 0.15) is 5.75 Å². The standard InChI is InChI=1S/C20H25ClO3/c1-5-20(18(22)23,24-17-9-7-14(21)10-12(17)2)15-8-6-13-11-16(15)19(13,3)4/h7-10,13,16H,5-6,11H2,1-4H3,(H,22,23). The number of rotatable bonds is 5. The van der Waals surface area contributed by atoms with Crippen molar-refractivity contribution in [3.05, 3.63) is 40.4 Å². The molecule has 0 heterocycles. The van der Waals surface area contributed by atoms with E-state index < -0.39 is 11.6 Å². The summed E-state index contributed by atoms with van der Waals surface area (Å²) < 4.78 is 6.20. The smallest absolute Gasteiger partial charge is 0.352 e. The van der Waals surface area contributed by atoms with Crippen molar-refractivity contribution in [2.45, 2.75) is 52.6 Å². The largest absolute Gasteiger partial charge is 0.478 e. The van der Waals surface area contributed by atoms with Gasteiger partial charge in [0.05, 0.1) is 0 Å². The number of hydrogen-bond donors (Lipinski definition) is 1. The van der Waals surface area contributed by atoms with Gasteiger partial charge in [-0.3, -0.25) is 0 Å². The minimum absolute atomic E-state index is 0.151. The molecule has 3 aliphatic rings. The van der Waals surface area contributed by atoms with Crippen LogP contribution < -0.4 is 4.74 Å². The number of halogens is 1. The Bertz CT molecular complexity index is 707. The summed E-state index contributed by atoms with van der Waals surface area (Å²) in [6.07, 6.45) is 4.52. The highest BCUT2D eigenvalue weighted by Gasteiger charge is 2.58. The molecule has 130 valence electrons. The van der Waals surface area contributed by atoms with Gasteiger partial charge in [-0.1, -0.05) is 38.4 Å². The Hall–Kier alpha value is -1.48. The zero-order valence-electron chi connectivity index (χ0n) is 14.7. The van der Waals surface area contributed by atoms with Crippen molar-refractivity contribution in [2.75, 3.05) is 0 Å². The maximum absolute atomic E-state index is 12.3. The first-order chi connectivity index (χ1) is 11.2. The third kappa shape index (κ3) is 2.45. The summed E-state index contributed by atoms with van der Waals surface area (Å²) in [7, 11) is 0. The second-order valence-electron chi connectivity index (χ2n) is 7.70. The van der Waals surface area contributed by atoms with Gasteiger partial charge >= 0.3 is 5.97 Å². The van der Waals surface area contributed by atoms with Crippen molar-refractivity contribution in [2.24, 2.45) is 17.3 Å². The van der Waals surface area contributed by atoms with E-state index in [0.717, 1.165) is 24.0 Å². The summed E-state index contributed by atoms with van der Waals surface area (Å²) in [6, 6.07) is 5.31. The molecule has 24 heavy (non-hydrogen) atoms. The first-order valence-electron chi connectivity index (χ1n) is 8.61. The Balaban J connectivity index is 2.03. The SMILES string of the molecule is CCC(Oc1ccc(Cl)cc1C)(C(=O)O)C1=CCC2CC1C2(C)C. The van der Waals surface area contributed by atoms with Crippen molar-refractivity contribution < 1.29 is 14.6 Å². The molecule has 0 spiro atoms. The van der Waals surface area contributed by atoms with Crippen LogP contribution in [-0.2, 0) is 4.79 Å². The van der Waals surface area contributed by atoms with E-state index in [2.05, 4.69) is 19.9 Å². The number of allylic oxidation sites excluding steroid dienone is 1. The number of fused-ring (bicyclic) bond motifs is 1. The van der Waals surface area contributed by atoms with Gasteiger partial charge in [0.2, 0.25) is 5.60 Å². The van der Waals surface area contributed by atoms with E-state index in [1.54, 1.807) is 18.2 Å². The van der Waals surface area contributed by atoms with Gasteiger partial charge in [-0.2, -0.15) is 0 Å². The minimum atomic E-state index is -1.30. The number of carboxylic acid groups (broad SMARTS) is 1. The molecule has 2 bridgehead atoms. The van der Waals surface area contributed by atoms with Crippen LogP contribution in [0.3, 0.4) is 0 Å². The molecular formula is C20H25ClO3. The maximum atomic E-state index is 12.3. The van der Waals surface area contributed by atoms with Gasteiger partial charge in [0.25, 0.3) is 0 Å². The minimum Gasteiger partial charge on any atom is -0.478 e. The highest BCUT2D eigenvalue weighted by Crippen LogP contribution is 2.61. The molecule has 0 radical (unpaired) electrons. The molecule has 0 amide bonds. The highest BCUT2D eigenvalue weighted by molar-refractivity contribution is 6.30. The lowest BCUT2D eigenvalue weighted by molar-refractivity contribution is -0.155. The summed E-state index contributed by atoms with van der Waals surface area (Å²) in [5.74, 6) is 0.613. The van der Waals surface area contributed by atoms with Crippen LogP contribution in [0.15, 0.2) is 29.8 Å². The van der Waals surface area contributed by atoms with Crippen LogP contribution in [0.25, 0.3) is 0 Å². The first-order valence-corrected chi connectivity index (χ1v) is 8.99. The molecule has 0 aromatic heterocycles. The maximum Gasteiger partial charge on any atom is 0.352 e. The van der Waals surface area contributed by atoms with Gasteiger partial charge in [0.15, 0.2) is 0 Å². The molecule has 1 saturated carbocycles. The number of carboxylic acids is 1. The van der Waals surface area contributed by atoms with E-state index in [-0.39, 0.29) is 11.3 Å². The molecule has 4 heteroatoms. The Morgan fingerprint density at radius 1 is 1.46 bits per heavy atom. The lowest BCUT2D eigenvalue weighted by Gasteiger charge is -2.58. The number of aryl methyl sites for hydroxylation is 1. The zero-order valence-corrected chi connectivity index (χ0v) is 15.5. The molecule has 0 saturated heterocycles. The fourth-order valence-corrected chi connectivity index (χ4v) is 4.60. The van der Waals surface area contributed by atoms with Crippen molar-refractivity contribution >= 4 is 17.6 Å². The van der Waals surface area contributed by atoms with E-state index in [4.69, 9.17) is 16.3 Å². The highest BCUT2D eigenvalue weighted by atomic mass is 35.5. The van der Waals surface area contributed by atoms with Gasteiger partial charge in [-0.05, 0) is 72.8 Å². The van der Waals surface area contributed by atoms with Crippen LogP contribution in [0, 0.1) is 24.2 Å². The monoisotopic (exact) mass is 348 g/mol. The van der Waals surface area contributed by atoms with Crippen molar-refractivity contribution in [3.63, 3.8) is 0 Å². The normalized spacial score (nSPS) is 26.8. The summed E-state index contributed by atoms with van der Waals surface area (Å²) in [4.78, 5) is 12.3. The first kappa shape index (κ1) is 17.3. The fourth-order valence-electron chi connectivity index (χ4n) is 4.37. The number of aliphatic carboxylic acids is 1. The topological polar surface area (TPSA) is 46.5 Å². The second-order valence-corrected chi connectivity index (χ2v) is 8.14. The Morgan fingerprint density at radius 2 is 2.17 bits per heavy atom. The van der Waals surface area contributed by atoms with Crippen molar-refractivity contribution in [1.82, 2.24) is 0 Å². The van der Waals surface area contributed by atoms with Crippen LogP contribution in [0.2, 0.25) is 5.02 Å². The third-order valence-corrected chi connectivity index (χ3v) is 6.43. The van der Waals surface area contributed by atoms with Gasteiger partial charge in [-0.15, -0.1) is 0 Å². The van der Waals surface area contributed by atoms with Gasteiger partial charge in [0, 0.05) is 5.02 Å². The van der Waals surface area contributed by atoms with Crippen LogP contribution in [-0.4, -0.2) is 16.7 Å². The Kier molecular flexibility index (Phi) is 4.19. The fraction of sp³-hybridized carbons (Fsp3) is 0.550. The summed E-state index contributed by atoms with van der Waals surface area (Å²) >= 11 is 6.02. The quantitative estimate of drug-likeness (QED) is 0.739. The summed E-state index contributed by atoms with van der Waals surface area (Å²) in [5.41, 5.74) is 0.646. The molecule has 1 N–H and O–H groups in total. The number of ether oxygens (including phenoxy) is 1. The van der Waals surface area contributed by atoms with E-state index in [0.29, 0.717) is 23.1 Å². The lowest BCUT2D eigenvalue weighted by atomic mass is 9.47. The molecule has 1 aromatic carbocycles. The van der Waals surface area contributed by atoms with E-state index in [1.165, 1.54) is 0 Å². The van der Waals surface area contributed by atoms with Crippen molar-refractivity contribution in [3.8, 4) is 5.75 Å². The van der Waals surface area contributed by atoms with E-state index >= 15 is 0 Å². The molecule has 3 aliphatic carbocycles. The predicted molar refractivity (Wildman–Crippen MR) is 95.6 cm³/mol. The molecule has 1 fully saturated rings. The van der Waals surface area contributed by atoms with E-state index in [9.17, 15) is 9.90 Å². The van der Waals surface area contributed by atoms with Crippen LogP contribution in [0.1, 0.15) is 45.6 Å². The zero-order chi connectivity index (χ0) is 17.7. The molecule has 4 rings (SSSR count). The van der Waals surface area contributed by atoms with Crippen LogP contribution in [0.5, 0.6) is 5.75 Å². The van der Waals surface area contributed by atoms with Crippen LogP contribution in [0.4, 0.5) is 0 Å². The molecule has 1 aromatic rings. The van der Waals surface area contributed by atoms with Crippen LogP contribution >= 0.6 is 11.6 Å². The third-order valence-electron chi connectivity index (χ3n) is 6.20. The average Bonchev–Trinajstić information content (AvgIpc) is 2.54. The Morgan fingerprint density at radius 3 is 2.67 bits per heavy atom. The number of benzene rings is 1. The molecular weight excluding hydrogens is 324 g/mol. The van der Waals surface area contributed by atoms with Gasteiger partial charge in [-0.25, -0.2) is 4.79 Å². The summed E-state index contributed by atoms with van der Waals surface area (Å²) in [6.45, 7) is 8.27. The molecule has 3 atom stereocenters. The molecule has 3 nitrogen and oxygen atoms in total. The van der Waals surface area contributed by atoms with E-state index in [1.807, 2.05) is 13.8 Å². The Labute approximate surface area is 148 Å². The predicted octanol–water partition coefficient (Wildman–Crippen LogP) is 5.25. The second kappa shape index (κ2) is 5.80. The number of hydrogen-bond acceptors (Lipinski definition) is 2. The van der Waals surface area contributed by atoms with Gasteiger partial charge < -0.3 is 9.84 Å². The van der Waals surface area contributed by atoms with Crippen molar-refractivity contribution in [1.29, 1.82) is 0 Å². The molecule has 3 unspecified atom stereocenters.